The van der Waals surface area contributed by atoms with Crippen LogP contribution in [0.2, 0.25) is 0 Å². The summed E-state index contributed by atoms with van der Waals surface area (Å²) < 4.78 is 0. The molecule has 0 aliphatic rings. The fourth-order valence-corrected chi connectivity index (χ4v) is 3.40. The molecule has 2 N–H and O–H groups in total. The van der Waals surface area contributed by atoms with E-state index in [0.717, 1.165) is 5.75 Å². The zero-order valence-corrected chi connectivity index (χ0v) is 13.8. The minimum atomic E-state index is -0.862. The Balaban J connectivity index is 2.65. The van der Waals surface area contributed by atoms with Crippen molar-refractivity contribution in [1.29, 1.82) is 0 Å². The van der Waals surface area contributed by atoms with Gasteiger partial charge in [-0.2, -0.15) is 0 Å². The second-order valence-corrected chi connectivity index (χ2v) is 6.94. The lowest BCUT2D eigenvalue weighted by Crippen LogP contribution is -2.52. The van der Waals surface area contributed by atoms with Crippen LogP contribution in [-0.4, -0.2) is 28.4 Å². The minimum Gasteiger partial charge on any atom is -0.480 e. The van der Waals surface area contributed by atoms with Crippen LogP contribution < -0.4 is 5.32 Å². The number of nitrogens with one attached hydrogen (secondary N) is 1. The fourth-order valence-electron chi connectivity index (χ4n) is 2.11. The molecule has 1 aromatic carbocycles. The molecule has 0 aliphatic heterocycles. The highest BCUT2D eigenvalue weighted by atomic mass is 32.2. The van der Waals surface area contributed by atoms with E-state index in [0.29, 0.717) is 6.42 Å². The molecule has 0 saturated carbocycles. The van der Waals surface area contributed by atoms with E-state index in [1.165, 1.54) is 16.0 Å². The molecular weight excluding hydrogens is 270 g/mol. The van der Waals surface area contributed by atoms with Gasteiger partial charge in [-0.05, 0) is 52.7 Å². The molecule has 0 saturated heterocycles. The molecule has 0 amide bonds. The van der Waals surface area contributed by atoms with Crippen molar-refractivity contribution in [3.05, 3.63) is 29.3 Å². The third-order valence-electron chi connectivity index (χ3n) is 3.28. The van der Waals surface area contributed by atoms with Crippen molar-refractivity contribution in [1.82, 2.24) is 5.32 Å². The first kappa shape index (κ1) is 17.1. The third-order valence-corrected chi connectivity index (χ3v) is 4.44. The van der Waals surface area contributed by atoms with Gasteiger partial charge in [-0.3, -0.25) is 10.1 Å². The van der Waals surface area contributed by atoms with Crippen molar-refractivity contribution in [3.63, 3.8) is 0 Å². The summed E-state index contributed by atoms with van der Waals surface area (Å²) in [5.74, 6) is 0.0000594. The summed E-state index contributed by atoms with van der Waals surface area (Å²) >= 11 is 1.73. The van der Waals surface area contributed by atoms with E-state index in [4.69, 9.17) is 0 Å². The van der Waals surface area contributed by atoms with Crippen molar-refractivity contribution >= 4 is 17.7 Å². The number of carboxylic acids is 1. The lowest BCUT2D eigenvalue weighted by atomic mass is 9.98. The average Bonchev–Trinajstić information content (AvgIpc) is 2.32. The van der Waals surface area contributed by atoms with Crippen LogP contribution in [0.25, 0.3) is 0 Å². The Morgan fingerprint density at radius 2 is 2.05 bits per heavy atom. The van der Waals surface area contributed by atoms with Crippen LogP contribution in [0.5, 0.6) is 0 Å². The van der Waals surface area contributed by atoms with Crippen LogP contribution in [0.15, 0.2) is 23.1 Å². The first-order valence-electron chi connectivity index (χ1n) is 6.96. The molecule has 1 unspecified atom stereocenters. The van der Waals surface area contributed by atoms with E-state index in [1.807, 2.05) is 13.8 Å². The van der Waals surface area contributed by atoms with E-state index in [2.05, 4.69) is 37.4 Å². The van der Waals surface area contributed by atoms with Crippen molar-refractivity contribution in [2.75, 3.05) is 5.75 Å². The summed E-state index contributed by atoms with van der Waals surface area (Å²) in [7, 11) is 0. The second kappa shape index (κ2) is 7.14. The molecule has 0 heterocycles. The van der Waals surface area contributed by atoms with Gasteiger partial charge in [0.1, 0.15) is 5.54 Å². The monoisotopic (exact) mass is 295 g/mol. The zero-order valence-electron chi connectivity index (χ0n) is 13.0. The summed E-state index contributed by atoms with van der Waals surface area (Å²) in [6.45, 7) is 9.87. The van der Waals surface area contributed by atoms with Gasteiger partial charge >= 0.3 is 5.97 Å². The summed E-state index contributed by atoms with van der Waals surface area (Å²) in [5.41, 5.74) is 1.62. The maximum absolute atomic E-state index is 11.4. The van der Waals surface area contributed by atoms with Crippen LogP contribution in [-0.2, 0) is 4.79 Å². The van der Waals surface area contributed by atoms with E-state index in [9.17, 15) is 9.90 Å². The molecule has 1 atom stereocenters. The van der Waals surface area contributed by atoms with Gasteiger partial charge in [0.2, 0.25) is 0 Å². The van der Waals surface area contributed by atoms with Crippen molar-refractivity contribution in [2.24, 2.45) is 0 Å². The fraction of sp³-hybridized carbons (Fsp3) is 0.562. The van der Waals surface area contributed by atoms with E-state index >= 15 is 0 Å². The highest BCUT2D eigenvalue weighted by molar-refractivity contribution is 7.99. The second-order valence-electron chi connectivity index (χ2n) is 5.80. The molecule has 3 nitrogen and oxygen atoms in total. The lowest BCUT2D eigenvalue weighted by Gasteiger charge is -2.28. The molecule has 0 aromatic heterocycles. The predicted molar refractivity (Wildman–Crippen MR) is 85.6 cm³/mol. The highest BCUT2D eigenvalue weighted by Gasteiger charge is 2.32. The van der Waals surface area contributed by atoms with E-state index in [-0.39, 0.29) is 6.04 Å². The van der Waals surface area contributed by atoms with Crippen LogP contribution in [0.1, 0.15) is 38.3 Å². The van der Waals surface area contributed by atoms with Gasteiger partial charge in [0, 0.05) is 16.7 Å². The zero-order chi connectivity index (χ0) is 15.3. The number of aliphatic carboxylic acids is 1. The maximum Gasteiger partial charge on any atom is 0.323 e. The molecule has 0 radical (unpaired) electrons. The van der Waals surface area contributed by atoms with Gasteiger partial charge in [0.25, 0.3) is 0 Å². The quantitative estimate of drug-likeness (QED) is 0.754. The number of thioether (sulfide) groups is 1. The molecule has 20 heavy (non-hydrogen) atoms. The summed E-state index contributed by atoms with van der Waals surface area (Å²) in [6, 6.07) is 6.52. The molecule has 4 heteroatoms. The Kier molecular flexibility index (Phi) is 6.08. The van der Waals surface area contributed by atoms with Crippen LogP contribution in [0, 0.1) is 13.8 Å². The van der Waals surface area contributed by atoms with Crippen LogP contribution in [0.3, 0.4) is 0 Å². The summed E-state index contributed by atoms with van der Waals surface area (Å²) in [6.07, 6.45) is 0.596. The maximum atomic E-state index is 11.4. The smallest absolute Gasteiger partial charge is 0.323 e. The van der Waals surface area contributed by atoms with Gasteiger partial charge in [0.15, 0.2) is 0 Å². The van der Waals surface area contributed by atoms with E-state index < -0.39 is 11.5 Å². The Morgan fingerprint density at radius 1 is 1.40 bits per heavy atom. The largest absolute Gasteiger partial charge is 0.480 e. The Hall–Kier alpha value is -1.00. The number of rotatable bonds is 7. The molecule has 1 aromatic rings. The standard InChI is InChI=1S/C16H25NO2S/c1-11(2)17-16(5,15(18)19)8-9-20-14-10-12(3)6-7-13(14)4/h6-7,10-11,17H,8-9H2,1-5H3,(H,18,19). The summed E-state index contributed by atoms with van der Waals surface area (Å²) in [4.78, 5) is 12.7. The van der Waals surface area contributed by atoms with Crippen molar-refractivity contribution in [2.45, 2.75) is 57.5 Å². The topological polar surface area (TPSA) is 49.3 Å². The van der Waals surface area contributed by atoms with Crippen LogP contribution in [0.4, 0.5) is 0 Å². The van der Waals surface area contributed by atoms with Crippen molar-refractivity contribution in [3.8, 4) is 0 Å². The molecular formula is C16H25NO2S. The third kappa shape index (κ3) is 4.84. The average molecular weight is 295 g/mol. The normalized spacial score (nSPS) is 14.3. The first-order chi connectivity index (χ1) is 9.24. The Morgan fingerprint density at radius 3 is 2.60 bits per heavy atom. The number of hydrogen-bond donors (Lipinski definition) is 2. The molecule has 0 spiro atoms. The lowest BCUT2D eigenvalue weighted by molar-refractivity contribution is -0.144. The Labute approximate surface area is 126 Å². The number of carboxylic acid groups (broad SMARTS) is 1. The van der Waals surface area contributed by atoms with Crippen LogP contribution >= 0.6 is 11.8 Å². The molecule has 112 valence electrons. The number of hydrogen-bond acceptors (Lipinski definition) is 3. The SMILES string of the molecule is Cc1ccc(C)c(SCCC(C)(NC(C)C)C(=O)O)c1. The van der Waals surface area contributed by atoms with Gasteiger partial charge in [-0.15, -0.1) is 11.8 Å². The van der Waals surface area contributed by atoms with Crippen molar-refractivity contribution < 1.29 is 9.90 Å². The number of carbonyl (C=O) groups is 1. The number of aryl methyl sites for hydroxylation is 2. The molecule has 1 rings (SSSR count). The van der Waals surface area contributed by atoms with Gasteiger partial charge in [0.05, 0.1) is 0 Å². The predicted octanol–water partition coefficient (Wildman–Crippen LogP) is 3.63. The van der Waals surface area contributed by atoms with Gasteiger partial charge in [-0.25, -0.2) is 0 Å². The molecule has 0 bridgehead atoms. The highest BCUT2D eigenvalue weighted by Crippen LogP contribution is 2.26. The number of benzene rings is 1. The first-order valence-corrected chi connectivity index (χ1v) is 7.94. The minimum absolute atomic E-state index is 0.154. The van der Waals surface area contributed by atoms with Gasteiger partial charge < -0.3 is 5.11 Å². The summed E-state index contributed by atoms with van der Waals surface area (Å²) in [5, 5.41) is 12.6. The van der Waals surface area contributed by atoms with Gasteiger partial charge in [-0.1, -0.05) is 17.7 Å². The molecule has 0 aliphatic carbocycles. The Bertz CT molecular complexity index is 474. The van der Waals surface area contributed by atoms with E-state index in [1.54, 1.807) is 18.7 Å². The molecule has 0 fully saturated rings.